The van der Waals surface area contributed by atoms with Crippen LogP contribution in [0.25, 0.3) is 0 Å². The van der Waals surface area contributed by atoms with E-state index in [1.165, 1.54) is 6.07 Å². The third kappa shape index (κ3) is 1.52. The van der Waals surface area contributed by atoms with Crippen molar-refractivity contribution >= 4 is 11.5 Å². The number of aromatic nitrogens is 1. The van der Waals surface area contributed by atoms with E-state index < -0.39 is 5.66 Å². The zero-order chi connectivity index (χ0) is 12.8. The highest BCUT2D eigenvalue weighted by Crippen LogP contribution is 2.41. The SMILES string of the molecule is CC1(c2ccc(O)cc2O)Nc2cccnc2N1. The fraction of sp³-hybridized carbons (Fsp3) is 0.154. The summed E-state index contributed by atoms with van der Waals surface area (Å²) >= 11 is 0. The summed E-state index contributed by atoms with van der Waals surface area (Å²) in [6.45, 7) is 1.90. The molecule has 1 aromatic heterocycles. The van der Waals surface area contributed by atoms with Crippen LogP contribution in [0.15, 0.2) is 36.5 Å². The number of aromatic hydroxyl groups is 2. The predicted molar refractivity (Wildman–Crippen MR) is 68.6 cm³/mol. The lowest BCUT2D eigenvalue weighted by Gasteiger charge is -2.27. The van der Waals surface area contributed by atoms with Crippen LogP contribution in [-0.4, -0.2) is 15.2 Å². The molecule has 3 rings (SSSR count). The molecule has 0 saturated carbocycles. The highest BCUT2D eigenvalue weighted by Gasteiger charge is 2.35. The minimum atomic E-state index is -0.644. The average Bonchev–Trinajstić information content (AvgIpc) is 2.65. The first-order valence-electron chi connectivity index (χ1n) is 5.62. The largest absolute Gasteiger partial charge is 0.508 e. The fourth-order valence-electron chi connectivity index (χ4n) is 2.22. The minimum Gasteiger partial charge on any atom is -0.508 e. The van der Waals surface area contributed by atoms with Crippen molar-refractivity contribution in [3.63, 3.8) is 0 Å². The molecule has 0 aliphatic carbocycles. The first kappa shape index (κ1) is 10.7. The van der Waals surface area contributed by atoms with Crippen LogP contribution in [0.5, 0.6) is 11.5 Å². The average molecular weight is 243 g/mol. The molecule has 2 heterocycles. The molecule has 1 aliphatic rings. The molecule has 5 heteroatoms. The van der Waals surface area contributed by atoms with E-state index in [4.69, 9.17) is 0 Å². The van der Waals surface area contributed by atoms with Gasteiger partial charge in [-0.15, -0.1) is 0 Å². The van der Waals surface area contributed by atoms with Crippen LogP contribution in [0.2, 0.25) is 0 Å². The maximum Gasteiger partial charge on any atom is 0.151 e. The molecule has 1 unspecified atom stereocenters. The van der Waals surface area contributed by atoms with Gasteiger partial charge in [0, 0.05) is 17.8 Å². The van der Waals surface area contributed by atoms with Crippen LogP contribution < -0.4 is 10.6 Å². The lowest BCUT2D eigenvalue weighted by Crippen LogP contribution is -2.35. The van der Waals surface area contributed by atoms with E-state index in [1.807, 2.05) is 19.1 Å². The zero-order valence-electron chi connectivity index (χ0n) is 9.81. The molecule has 4 N–H and O–H groups in total. The van der Waals surface area contributed by atoms with Crippen LogP contribution in [0.1, 0.15) is 12.5 Å². The van der Waals surface area contributed by atoms with Crippen LogP contribution >= 0.6 is 0 Å². The van der Waals surface area contributed by atoms with Gasteiger partial charge in [-0.1, -0.05) is 0 Å². The summed E-state index contributed by atoms with van der Waals surface area (Å²) in [6.07, 6.45) is 1.70. The number of hydrogen-bond acceptors (Lipinski definition) is 5. The Balaban J connectivity index is 2.04. The number of fused-ring (bicyclic) bond motifs is 1. The van der Waals surface area contributed by atoms with Gasteiger partial charge in [0.1, 0.15) is 17.2 Å². The molecule has 2 aromatic rings. The predicted octanol–water partition coefficient (Wildman–Crippen LogP) is 2.20. The second kappa shape index (κ2) is 3.53. The molecule has 0 radical (unpaired) electrons. The van der Waals surface area contributed by atoms with Crippen LogP contribution in [0, 0.1) is 0 Å². The van der Waals surface area contributed by atoms with Gasteiger partial charge in [-0.25, -0.2) is 4.98 Å². The quantitative estimate of drug-likeness (QED) is 0.617. The van der Waals surface area contributed by atoms with Gasteiger partial charge in [0.15, 0.2) is 5.82 Å². The van der Waals surface area contributed by atoms with Gasteiger partial charge in [-0.3, -0.25) is 0 Å². The Bertz CT molecular complexity index is 588. The lowest BCUT2D eigenvalue weighted by molar-refractivity contribution is 0.436. The molecule has 92 valence electrons. The summed E-state index contributed by atoms with van der Waals surface area (Å²) in [5, 5.41) is 25.8. The van der Waals surface area contributed by atoms with Crippen molar-refractivity contribution in [3.05, 3.63) is 42.1 Å². The van der Waals surface area contributed by atoms with Crippen molar-refractivity contribution in [1.82, 2.24) is 4.98 Å². The van der Waals surface area contributed by atoms with E-state index in [-0.39, 0.29) is 11.5 Å². The highest BCUT2D eigenvalue weighted by molar-refractivity contribution is 5.73. The van der Waals surface area contributed by atoms with Crippen LogP contribution in [-0.2, 0) is 5.66 Å². The number of phenolic OH excluding ortho intramolecular Hbond substituents is 2. The maximum absolute atomic E-state index is 9.94. The van der Waals surface area contributed by atoms with E-state index in [9.17, 15) is 10.2 Å². The smallest absolute Gasteiger partial charge is 0.151 e. The number of hydrogen-bond donors (Lipinski definition) is 4. The first-order valence-corrected chi connectivity index (χ1v) is 5.62. The second-order valence-corrected chi connectivity index (χ2v) is 4.48. The summed E-state index contributed by atoms with van der Waals surface area (Å²) in [5.74, 6) is 0.811. The molecule has 1 aromatic carbocycles. The molecule has 1 atom stereocenters. The van der Waals surface area contributed by atoms with Crippen molar-refractivity contribution in [2.45, 2.75) is 12.6 Å². The van der Waals surface area contributed by atoms with Crippen molar-refractivity contribution < 1.29 is 10.2 Å². The number of nitrogens with one attached hydrogen (secondary N) is 2. The number of benzene rings is 1. The Morgan fingerprint density at radius 1 is 1.17 bits per heavy atom. The van der Waals surface area contributed by atoms with Gasteiger partial charge in [-0.2, -0.15) is 0 Å². The number of rotatable bonds is 1. The monoisotopic (exact) mass is 243 g/mol. The van der Waals surface area contributed by atoms with E-state index in [0.29, 0.717) is 5.56 Å². The molecule has 5 nitrogen and oxygen atoms in total. The molecule has 0 bridgehead atoms. The topological polar surface area (TPSA) is 77.4 Å². The molecule has 0 spiro atoms. The van der Waals surface area contributed by atoms with Gasteiger partial charge >= 0.3 is 0 Å². The van der Waals surface area contributed by atoms with Crippen molar-refractivity contribution in [2.24, 2.45) is 0 Å². The minimum absolute atomic E-state index is 0.0327. The normalized spacial score (nSPS) is 20.9. The van der Waals surface area contributed by atoms with Crippen LogP contribution in [0.3, 0.4) is 0 Å². The Kier molecular flexibility index (Phi) is 2.10. The van der Waals surface area contributed by atoms with Gasteiger partial charge in [0.25, 0.3) is 0 Å². The van der Waals surface area contributed by atoms with Crippen molar-refractivity contribution in [3.8, 4) is 11.5 Å². The number of nitrogens with zero attached hydrogens (tertiary/aromatic N) is 1. The summed E-state index contributed by atoms with van der Waals surface area (Å²) in [7, 11) is 0. The maximum atomic E-state index is 9.94. The van der Waals surface area contributed by atoms with Gasteiger partial charge in [0.2, 0.25) is 0 Å². The number of pyridine rings is 1. The lowest BCUT2D eigenvalue weighted by atomic mass is 10.0. The van der Waals surface area contributed by atoms with Crippen molar-refractivity contribution in [2.75, 3.05) is 10.6 Å². The third-order valence-corrected chi connectivity index (χ3v) is 3.08. The first-order chi connectivity index (χ1) is 8.58. The zero-order valence-corrected chi connectivity index (χ0v) is 9.81. The Hall–Kier alpha value is -2.43. The molecule has 18 heavy (non-hydrogen) atoms. The summed E-state index contributed by atoms with van der Waals surface area (Å²) in [4.78, 5) is 4.22. The molecule has 0 fully saturated rings. The summed E-state index contributed by atoms with van der Waals surface area (Å²) in [5.41, 5.74) is 0.889. The van der Waals surface area contributed by atoms with Crippen LogP contribution in [0.4, 0.5) is 11.5 Å². The van der Waals surface area contributed by atoms with Gasteiger partial charge in [0.05, 0.1) is 5.69 Å². The van der Waals surface area contributed by atoms with Crippen molar-refractivity contribution in [1.29, 1.82) is 0 Å². The Morgan fingerprint density at radius 2 is 2.00 bits per heavy atom. The van der Waals surface area contributed by atoms with E-state index in [2.05, 4.69) is 15.6 Å². The molecular formula is C13H13N3O2. The van der Waals surface area contributed by atoms with Gasteiger partial charge in [-0.05, 0) is 31.2 Å². The van der Waals surface area contributed by atoms with Gasteiger partial charge < -0.3 is 20.8 Å². The third-order valence-electron chi connectivity index (χ3n) is 3.08. The summed E-state index contributed by atoms with van der Waals surface area (Å²) < 4.78 is 0. The summed E-state index contributed by atoms with van der Waals surface area (Å²) in [6, 6.07) is 8.30. The van der Waals surface area contributed by atoms with E-state index >= 15 is 0 Å². The standard InChI is InChI=1S/C13H13N3O2/c1-13(9-5-4-8(17)7-11(9)18)15-10-3-2-6-14-12(10)16-13/h2-7,15,17-18H,1H3,(H,14,16). The Labute approximate surface area is 104 Å². The Morgan fingerprint density at radius 3 is 2.72 bits per heavy atom. The number of phenols is 2. The molecule has 1 aliphatic heterocycles. The second-order valence-electron chi connectivity index (χ2n) is 4.48. The van der Waals surface area contributed by atoms with E-state index in [1.54, 1.807) is 18.3 Å². The van der Waals surface area contributed by atoms with E-state index in [0.717, 1.165) is 11.5 Å². The molecule has 0 saturated heterocycles. The highest BCUT2D eigenvalue weighted by atomic mass is 16.3. The fourth-order valence-corrected chi connectivity index (χ4v) is 2.22. The number of anilines is 2. The molecular weight excluding hydrogens is 230 g/mol. The molecule has 0 amide bonds.